The maximum Gasteiger partial charge on any atom is 0.251 e. The molecule has 0 heterocycles. The van der Waals surface area contributed by atoms with Gasteiger partial charge in [-0.1, -0.05) is 12.1 Å². The van der Waals surface area contributed by atoms with Crippen LogP contribution in [0.5, 0.6) is 5.75 Å². The summed E-state index contributed by atoms with van der Waals surface area (Å²) in [7, 11) is 0. The molecule has 2 aromatic carbocycles. The zero-order chi connectivity index (χ0) is 15.2. The van der Waals surface area contributed by atoms with Gasteiger partial charge in [-0.15, -0.1) is 0 Å². The highest BCUT2D eigenvalue weighted by atomic mass is 16.3. The number of nitrogens with zero attached hydrogens (tertiary/aromatic N) is 1. The number of amides is 1. The Kier molecular flexibility index (Phi) is 4.54. The van der Waals surface area contributed by atoms with E-state index in [-0.39, 0.29) is 18.3 Å². The number of phenols is 1. The van der Waals surface area contributed by atoms with E-state index in [1.165, 1.54) is 18.2 Å². The smallest absolute Gasteiger partial charge is 0.251 e. The molecule has 0 aromatic heterocycles. The molecule has 5 heteroatoms. The van der Waals surface area contributed by atoms with Crippen molar-refractivity contribution in [2.45, 2.75) is 13.2 Å². The summed E-state index contributed by atoms with van der Waals surface area (Å²) < 4.78 is 0. The number of nitriles is 1. The number of hydrogen-bond donors (Lipinski definition) is 3. The van der Waals surface area contributed by atoms with Gasteiger partial charge in [-0.25, -0.2) is 0 Å². The van der Waals surface area contributed by atoms with Gasteiger partial charge >= 0.3 is 0 Å². The van der Waals surface area contributed by atoms with E-state index in [1.54, 1.807) is 24.3 Å². The van der Waals surface area contributed by atoms with Crippen LogP contribution in [-0.2, 0) is 13.2 Å². The van der Waals surface area contributed by atoms with Crippen molar-refractivity contribution in [3.63, 3.8) is 0 Å². The first kappa shape index (κ1) is 14.6. The molecule has 2 rings (SSSR count). The molecule has 2 aromatic rings. The van der Waals surface area contributed by atoms with Crippen molar-refractivity contribution in [1.29, 1.82) is 5.26 Å². The van der Waals surface area contributed by atoms with Gasteiger partial charge in [0, 0.05) is 12.1 Å². The van der Waals surface area contributed by atoms with Gasteiger partial charge in [0.05, 0.1) is 18.2 Å². The van der Waals surface area contributed by atoms with Crippen molar-refractivity contribution in [2.24, 2.45) is 0 Å². The molecule has 0 bridgehead atoms. The summed E-state index contributed by atoms with van der Waals surface area (Å²) in [4.78, 5) is 12.1. The van der Waals surface area contributed by atoms with Crippen LogP contribution < -0.4 is 5.32 Å². The van der Waals surface area contributed by atoms with Crippen LogP contribution in [0.3, 0.4) is 0 Å². The van der Waals surface area contributed by atoms with Crippen LogP contribution in [0.15, 0.2) is 42.5 Å². The van der Waals surface area contributed by atoms with Gasteiger partial charge < -0.3 is 15.5 Å². The van der Waals surface area contributed by atoms with Gasteiger partial charge in [0.1, 0.15) is 5.75 Å². The average Bonchev–Trinajstić information content (AvgIpc) is 2.52. The molecule has 0 radical (unpaired) electrons. The second kappa shape index (κ2) is 6.55. The van der Waals surface area contributed by atoms with Gasteiger partial charge in [0.15, 0.2) is 0 Å². The number of phenolic OH excluding ortho intramolecular Hbond substituents is 1. The fourth-order valence-electron chi connectivity index (χ4n) is 1.91. The number of benzene rings is 2. The van der Waals surface area contributed by atoms with Crippen LogP contribution in [0, 0.1) is 11.3 Å². The van der Waals surface area contributed by atoms with Gasteiger partial charge in [-0.05, 0) is 41.5 Å². The lowest BCUT2D eigenvalue weighted by Gasteiger charge is -2.09. The molecule has 106 valence electrons. The number of nitrogens with one attached hydrogen (secondary N) is 1. The summed E-state index contributed by atoms with van der Waals surface area (Å²) in [6.07, 6.45) is 0. The van der Waals surface area contributed by atoms with Gasteiger partial charge in [-0.2, -0.15) is 5.26 Å². The normalized spacial score (nSPS) is 9.90. The van der Waals surface area contributed by atoms with E-state index in [2.05, 4.69) is 5.32 Å². The molecule has 0 aliphatic heterocycles. The summed E-state index contributed by atoms with van der Waals surface area (Å²) in [5.41, 5.74) is 2.12. The number of carbonyl (C=O) groups excluding carboxylic acids is 1. The summed E-state index contributed by atoms with van der Waals surface area (Å²) in [6, 6.07) is 13.1. The SMILES string of the molecule is N#Cc1ccc(CNC(=O)c2ccc(O)cc2CO)cc1. The molecule has 0 saturated heterocycles. The van der Waals surface area contributed by atoms with Crippen molar-refractivity contribution in [2.75, 3.05) is 0 Å². The summed E-state index contributed by atoms with van der Waals surface area (Å²) >= 11 is 0. The Morgan fingerprint density at radius 3 is 2.52 bits per heavy atom. The molecule has 0 aliphatic carbocycles. The molecule has 0 saturated carbocycles. The Balaban J connectivity index is 2.06. The fourth-order valence-corrected chi connectivity index (χ4v) is 1.91. The zero-order valence-electron chi connectivity index (χ0n) is 11.2. The maximum atomic E-state index is 12.1. The first-order valence-corrected chi connectivity index (χ1v) is 6.34. The van der Waals surface area contributed by atoms with Crippen molar-refractivity contribution < 1.29 is 15.0 Å². The van der Waals surface area contributed by atoms with Crippen LogP contribution in [0.25, 0.3) is 0 Å². The van der Waals surface area contributed by atoms with Gasteiger partial charge in [0.25, 0.3) is 5.91 Å². The Morgan fingerprint density at radius 1 is 1.19 bits per heavy atom. The Labute approximate surface area is 122 Å². The van der Waals surface area contributed by atoms with E-state index in [0.29, 0.717) is 23.2 Å². The van der Waals surface area contributed by atoms with E-state index >= 15 is 0 Å². The second-order valence-electron chi connectivity index (χ2n) is 4.49. The third-order valence-corrected chi connectivity index (χ3v) is 3.04. The molecule has 0 aliphatic rings. The number of hydrogen-bond acceptors (Lipinski definition) is 4. The van der Waals surface area contributed by atoms with Crippen molar-refractivity contribution in [1.82, 2.24) is 5.32 Å². The Hall–Kier alpha value is -2.84. The van der Waals surface area contributed by atoms with E-state index < -0.39 is 0 Å². The summed E-state index contributed by atoms with van der Waals surface area (Å²) in [5.74, 6) is -0.328. The monoisotopic (exact) mass is 282 g/mol. The first-order chi connectivity index (χ1) is 10.1. The van der Waals surface area contributed by atoms with Crippen LogP contribution in [0.2, 0.25) is 0 Å². The van der Waals surface area contributed by atoms with Crippen molar-refractivity contribution in [3.8, 4) is 11.8 Å². The third-order valence-electron chi connectivity index (χ3n) is 3.04. The summed E-state index contributed by atoms with van der Waals surface area (Å²) in [5, 5.41) is 30.0. The number of aliphatic hydroxyl groups is 1. The molecule has 0 atom stereocenters. The predicted octanol–water partition coefficient (Wildman–Crippen LogP) is 1.69. The second-order valence-corrected chi connectivity index (χ2v) is 4.49. The van der Waals surface area contributed by atoms with E-state index in [1.807, 2.05) is 6.07 Å². The molecule has 0 unspecified atom stereocenters. The zero-order valence-corrected chi connectivity index (χ0v) is 11.2. The van der Waals surface area contributed by atoms with Crippen molar-refractivity contribution in [3.05, 3.63) is 64.7 Å². The minimum absolute atomic E-state index is 0.00249. The van der Waals surface area contributed by atoms with Gasteiger partial charge in [0.2, 0.25) is 0 Å². The van der Waals surface area contributed by atoms with E-state index in [9.17, 15) is 15.0 Å². The largest absolute Gasteiger partial charge is 0.508 e. The van der Waals surface area contributed by atoms with E-state index in [4.69, 9.17) is 5.26 Å². The van der Waals surface area contributed by atoms with Gasteiger partial charge in [-0.3, -0.25) is 4.79 Å². The molecule has 21 heavy (non-hydrogen) atoms. The average molecular weight is 282 g/mol. The minimum Gasteiger partial charge on any atom is -0.508 e. The number of carbonyl (C=O) groups is 1. The molecule has 0 fully saturated rings. The fraction of sp³-hybridized carbons (Fsp3) is 0.125. The number of aromatic hydroxyl groups is 1. The van der Waals surface area contributed by atoms with Crippen molar-refractivity contribution >= 4 is 5.91 Å². The highest BCUT2D eigenvalue weighted by Gasteiger charge is 2.11. The highest BCUT2D eigenvalue weighted by Crippen LogP contribution is 2.17. The quantitative estimate of drug-likeness (QED) is 0.795. The van der Waals surface area contributed by atoms with Crippen LogP contribution in [-0.4, -0.2) is 16.1 Å². The Morgan fingerprint density at radius 2 is 1.90 bits per heavy atom. The molecule has 3 N–H and O–H groups in total. The molecular formula is C16H14N2O3. The number of rotatable bonds is 4. The molecule has 5 nitrogen and oxygen atoms in total. The third kappa shape index (κ3) is 3.59. The standard InChI is InChI=1S/C16H14N2O3/c17-8-11-1-3-12(4-2-11)9-18-16(21)15-6-5-14(20)7-13(15)10-19/h1-7,19-20H,9-10H2,(H,18,21). The Bertz CT molecular complexity index is 688. The molecule has 1 amide bonds. The lowest BCUT2D eigenvalue weighted by molar-refractivity contribution is 0.0948. The van der Waals surface area contributed by atoms with Crippen LogP contribution in [0.4, 0.5) is 0 Å². The first-order valence-electron chi connectivity index (χ1n) is 6.34. The molecule has 0 spiro atoms. The maximum absolute atomic E-state index is 12.1. The van der Waals surface area contributed by atoms with E-state index in [0.717, 1.165) is 5.56 Å². The lowest BCUT2D eigenvalue weighted by atomic mass is 10.1. The van der Waals surface area contributed by atoms with Crippen LogP contribution >= 0.6 is 0 Å². The summed E-state index contributed by atoms with van der Waals surface area (Å²) in [6.45, 7) is -0.00962. The topological polar surface area (TPSA) is 93.4 Å². The van der Waals surface area contributed by atoms with Crippen LogP contribution in [0.1, 0.15) is 27.0 Å². The molecular weight excluding hydrogens is 268 g/mol. The minimum atomic E-state index is -0.330. The number of aliphatic hydroxyl groups excluding tert-OH is 1. The predicted molar refractivity (Wildman–Crippen MR) is 76.4 cm³/mol. The highest BCUT2D eigenvalue weighted by molar-refractivity contribution is 5.95. The lowest BCUT2D eigenvalue weighted by Crippen LogP contribution is -2.24.